The summed E-state index contributed by atoms with van der Waals surface area (Å²) < 4.78 is 0.648. The van der Waals surface area contributed by atoms with Gasteiger partial charge in [0.1, 0.15) is 5.15 Å². The van der Waals surface area contributed by atoms with Crippen molar-refractivity contribution in [2.24, 2.45) is 5.73 Å². The van der Waals surface area contributed by atoms with Gasteiger partial charge in [-0.25, -0.2) is 4.98 Å². The van der Waals surface area contributed by atoms with E-state index < -0.39 is 0 Å². The van der Waals surface area contributed by atoms with Gasteiger partial charge < -0.3 is 11.1 Å². The number of rotatable bonds is 5. The van der Waals surface area contributed by atoms with E-state index in [1.807, 2.05) is 6.92 Å². The number of hydrogen-bond acceptors (Lipinski definition) is 3. The number of nitrogens with two attached hydrogens (primary N) is 1. The molecule has 0 spiro atoms. The van der Waals surface area contributed by atoms with Gasteiger partial charge in [0, 0.05) is 12.5 Å². The lowest BCUT2D eigenvalue weighted by Crippen LogP contribution is -2.26. The van der Waals surface area contributed by atoms with Gasteiger partial charge in [-0.2, -0.15) is 0 Å². The van der Waals surface area contributed by atoms with E-state index in [0.29, 0.717) is 21.7 Å². The minimum Gasteiger partial charge on any atom is -0.327 e. The van der Waals surface area contributed by atoms with Crippen LogP contribution in [-0.4, -0.2) is 16.9 Å². The Morgan fingerprint density at radius 3 is 3.00 bits per heavy atom. The Hall–Kier alpha value is -0.650. The van der Waals surface area contributed by atoms with Crippen LogP contribution in [0.5, 0.6) is 0 Å². The van der Waals surface area contributed by atoms with Gasteiger partial charge >= 0.3 is 0 Å². The number of hydrogen-bond donors (Lipinski definition) is 2. The minimum absolute atomic E-state index is 0.0938. The van der Waals surface area contributed by atoms with Crippen molar-refractivity contribution in [3.63, 3.8) is 0 Å². The molecule has 1 amide bonds. The first-order valence-electron chi connectivity index (χ1n) is 5.39. The molecule has 1 aromatic heterocycles. The molecule has 0 saturated carbocycles. The second kappa shape index (κ2) is 6.93. The molecule has 1 atom stereocenters. The zero-order valence-corrected chi connectivity index (χ0v) is 11.9. The van der Waals surface area contributed by atoms with Gasteiger partial charge in [0.25, 0.3) is 0 Å². The van der Waals surface area contributed by atoms with Crippen molar-refractivity contribution in [2.45, 2.75) is 32.2 Å². The van der Waals surface area contributed by atoms with Gasteiger partial charge in [0.05, 0.1) is 16.4 Å². The quantitative estimate of drug-likeness (QED) is 0.820. The summed E-state index contributed by atoms with van der Waals surface area (Å²) in [6.07, 6.45) is 3.64. The molecular formula is C11H15BrClN3O. The zero-order chi connectivity index (χ0) is 12.8. The van der Waals surface area contributed by atoms with Crippen LogP contribution in [0.25, 0.3) is 0 Å². The first-order valence-corrected chi connectivity index (χ1v) is 6.56. The maximum atomic E-state index is 11.6. The molecule has 1 unspecified atom stereocenters. The number of nitrogens with zero attached hydrogens (tertiary/aromatic N) is 1. The number of amides is 1. The second-order valence-corrected chi connectivity index (χ2v) is 5.01. The van der Waals surface area contributed by atoms with Crippen LogP contribution < -0.4 is 11.1 Å². The number of anilines is 1. The van der Waals surface area contributed by atoms with Crippen molar-refractivity contribution in [1.29, 1.82) is 0 Å². The van der Waals surface area contributed by atoms with Gasteiger partial charge in [-0.15, -0.1) is 0 Å². The average Bonchev–Trinajstić information content (AvgIpc) is 2.23. The molecule has 0 saturated heterocycles. The number of pyridine rings is 1. The number of nitrogens with one attached hydrogen (secondary N) is 1. The number of carbonyl (C=O) groups is 1. The molecule has 0 fully saturated rings. The lowest BCUT2D eigenvalue weighted by Gasteiger charge is -2.10. The normalized spacial score (nSPS) is 12.2. The van der Waals surface area contributed by atoms with Crippen LogP contribution in [-0.2, 0) is 4.79 Å². The minimum atomic E-state index is -0.109. The molecule has 6 heteroatoms. The summed E-state index contributed by atoms with van der Waals surface area (Å²) in [6.45, 7) is 2.04. The molecule has 1 aromatic rings. The molecule has 0 radical (unpaired) electrons. The molecule has 3 N–H and O–H groups in total. The van der Waals surface area contributed by atoms with Crippen LogP contribution >= 0.6 is 27.5 Å². The first-order chi connectivity index (χ1) is 8.02. The monoisotopic (exact) mass is 319 g/mol. The molecule has 0 aromatic carbocycles. The Morgan fingerprint density at radius 2 is 2.41 bits per heavy atom. The number of aromatic nitrogens is 1. The summed E-state index contributed by atoms with van der Waals surface area (Å²) in [4.78, 5) is 15.5. The zero-order valence-electron chi connectivity index (χ0n) is 9.54. The van der Waals surface area contributed by atoms with E-state index in [9.17, 15) is 4.79 Å². The fourth-order valence-corrected chi connectivity index (χ4v) is 1.86. The molecule has 1 rings (SSSR count). The number of halogens is 2. The highest BCUT2D eigenvalue weighted by Gasteiger charge is 2.09. The summed E-state index contributed by atoms with van der Waals surface area (Å²) in [6, 6.07) is 1.61. The van der Waals surface area contributed by atoms with Crippen molar-refractivity contribution in [3.8, 4) is 0 Å². The van der Waals surface area contributed by atoms with E-state index in [-0.39, 0.29) is 11.9 Å². The average molecular weight is 321 g/mol. The summed E-state index contributed by atoms with van der Waals surface area (Å²) in [5.74, 6) is -0.109. The Morgan fingerprint density at radius 1 is 1.71 bits per heavy atom. The molecular weight excluding hydrogens is 305 g/mol. The summed E-state index contributed by atoms with van der Waals surface area (Å²) in [5.41, 5.74) is 6.39. The summed E-state index contributed by atoms with van der Waals surface area (Å²) in [5, 5.41) is 3.10. The second-order valence-electron chi connectivity index (χ2n) is 3.80. The predicted molar refractivity (Wildman–Crippen MR) is 73.1 cm³/mol. The van der Waals surface area contributed by atoms with E-state index in [0.717, 1.165) is 12.8 Å². The van der Waals surface area contributed by atoms with Gasteiger partial charge in [0.2, 0.25) is 5.91 Å². The van der Waals surface area contributed by atoms with Crippen molar-refractivity contribution in [2.75, 3.05) is 5.32 Å². The summed E-state index contributed by atoms with van der Waals surface area (Å²) >= 11 is 8.99. The lowest BCUT2D eigenvalue weighted by atomic mass is 10.1. The predicted octanol–water partition coefficient (Wildman–Crippen LogP) is 2.95. The Labute approximate surface area is 114 Å². The highest BCUT2D eigenvalue weighted by Crippen LogP contribution is 2.22. The smallest absolute Gasteiger partial charge is 0.225 e. The Bertz CT molecular complexity index is 400. The topological polar surface area (TPSA) is 68.0 Å². The van der Waals surface area contributed by atoms with E-state index >= 15 is 0 Å². The third-order valence-corrected chi connectivity index (χ3v) is 3.32. The molecule has 0 aliphatic rings. The SMILES string of the molecule is CCCC(N)CC(=O)Nc1cnc(Cl)c(Br)c1. The van der Waals surface area contributed by atoms with E-state index in [4.69, 9.17) is 17.3 Å². The van der Waals surface area contributed by atoms with Crippen molar-refractivity contribution in [1.82, 2.24) is 4.98 Å². The standard InChI is InChI=1S/C11H15BrClN3O/c1-2-3-7(14)4-10(17)16-8-5-9(12)11(13)15-6-8/h5-7H,2-4,14H2,1H3,(H,16,17). The largest absolute Gasteiger partial charge is 0.327 e. The van der Waals surface area contributed by atoms with Crippen LogP contribution in [0.1, 0.15) is 26.2 Å². The van der Waals surface area contributed by atoms with Gasteiger partial charge in [0.15, 0.2) is 0 Å². The van der Waals surface area contributed by atoms with Crippen LogP contribution in [0.2, 0.25) is 5.15 Å². The molecule has 17 heavy (non-hydrogen) atoms. The van der Waals surface area contributed by atoms with Gasteiger partial charge in [-0.05, 0) is 28.4 Å². The first kappa shape index (κ1) is 14.4. The van der Waals surface area contributed by atoms with Gasteiger partial charge in [-0.1, -0.05) is 24.9 Å². The fourth-order valence-electron chi connectivity index (χ4n) is 1.41. The summed E-state index contributed by atoms with van der Waals surface area (Å²) in [7, 11) is 0. The van der Waals surface area contributed by atoms with Crippen molar-refractivity contribution in [3.05, 3.63) is 21.9 Å². The van der Waals surface area contributed by atoms with E-state index in [1.165, 1.54) is 6.20 Å². The highest BCUT2D eigenvalue weighted by atomic mass is 79.9. The third kappa shape index (κ3) is 5.02. The molecule has 4 nitrogen and oxygen atoms in total. The molecule has 1 heterocycles. The van der Waals surface area contributed by atoms with Crippen LogP contribution in [0.4, 0.5) is 5.69 Å². The van der Waals surface area contributed by atoms with E-state index in [1.54, 1.807) is 6.07 Å². The Kier molecular flexibility index (Phi) is 5.88. The lowest BCUT2D eigenvalue weighted by molar-refractivity contribution is -0.116. The third-order valence-electron chi connectivity index (χ3n) is 2.19. The van der Waals surface area contributed by atoms with Crippen LogP contribution in [0.15, 0.2) is 16.7 Å². The maximum Gasteiger partial charge on any atom is 0.225 e. The maximum absolute atomic E-state index is 11.6. The molecule has 0 aliphatic carbocycles. The number of carbonyl (C=O) groups excluding carboxylic acids is 1. The Balaban J connectivity index is 2.53. The van der Waals surface area contributed by atoms with Crippen LogP contribution in [0.3, 0.4) is 0 Å². The molecule has 0 bridgehead atoms. The van der Waals surface area contributed by atoms with Crippen molar-refractivity contribution >= 4 is 39.1 Å². The van der Waals surface area contributed by atoms with E-state index in [2.05, 4.69) is 26.2 Å². The fraction of sp³-hybridized carbons (Fsp3) is 0.455. The molecule has 0 aliphatic heterocycles. The molecule has 94 valence electrons. The van der Waals surface area contributed by atoms with Crippen LogP contribution in [0, 0.1) is 0 Å². The van der Waals surface area contributed by atoms with Crippen molar-refractivity contribution < 1.29 is 4.79 Å². The van der Waals surface area contributed by atoms with Gasteiger partial charge in [-0.3, -0.25) is 4.79 Å². The highest BCUT2D eigenvalue weighted by molar-refractivity contribution is 9.10.